The molecule has 0 fully saturated rings. The van der Waals surface area contributed by atoms with Gasteiger partial charge in [-0.3, -0.25) is 0 Å². The lowest BCUT2D eigenvalue weighted by Gasteiger charge is -2.11. The van der Waals surface area contributed by atoms with Crippen molar-refractivity contribution in [1.29, 1.82) is 0 Å². The third-order valence-electron chi connectivity index (χ3n) is 2.81. The van der Waals surface area contributed by atoms with Crippen molar-refractivity contribution < 1.29 is 14.9 Å². The van der Waals surface area contributed by atoms with E-state index in [1.165, 1.54) is 0 Å². The third-order valence-corrected chi connectivity index (χ3v) is 2.81. The normalized spacial score (nSPS) is 12.6. The maximum absolute atomic E-state index is 10.2. The predicted octanol–water partition coefficient (Wildman–Crippen LogP) is 2.48. The molecule has 3 heteroatoms. The molecule has 2 aromatic carbocycles. The van der Waals surface area contributed by atoms with Gasteiger partial charge in [0.15, 0.2) is 0 Å². The number of rotatable bonds is 3. The van der Waals surface area contributed by atoms with Crippen LogP contribution >= 0.6 is 0 Å². The summed E-state index contributed by atoms with van der Waals surface area (Å²) in [5.74, 6) is 0.962. The molecule has 1 atom stereocenters. The van der Waals surface area contributed by atoms with Crippen LogP contribution in [0, 0.1) is 0 Å². The number of aliphatic hydroxyl groups is 1. The van der Waals surface area contributed by atoms with Crippen LogP contribution in [0.3, 0.4) is 0 Å². The van der Waals surface area contributed by atoms with Crippen LogP contribution in [0.2, 0.25) is 0 Å². The van der Waals surface area contributed by atoms with Crippen molar-refractivity contribution in [2.45, 2.75) is 19.4 Å². The van der Waals surface area contributed by atoms with Crippen LogP contribution in [-0.2, 0) is 6.42 Å². The van der Waals surface area contributed by atoms with E-state index in [0.29, 0.717) is 6.42 Å². The van der Waals surface area contributed by atoms with Gasteiger partial charge in [0.1, 0.15) is 11.5 Å². The summed E-state index contributed by atoms with van der Waals surface area (Å²) < 4.78 is 5.24. The molecule has 2 aromatic rings. The molecule has 2 rings (SSSR count). The molecule has 17 heavy (non-hydrogen) atoms. The molecular weight excluding hydrogens is 216 g/mol. The second-order valence-electron chi connectivity index (χ2n) is 4.18. The van der Waals surface area contributed by atoms with E-state index >= 15 is 0 Å². The molecule has 3 nitrogen and oxygen atoms in total. The minimum absolute atomic E-state index is 0.224. The number of hydrogen-bond donors (Lipinski definition) is 2. The largest absolute Gasteiger partial charge is 0.507 e. The molecule has 90 valence electrons. The fourth-order valence-electron chi connectivity index (χ4n) is 2.02. The van der Waals surface area contributed by atoms with E-state index in [9.17, 15) is 10.2 Å². The monoisotopic (exact) mass is 232 g/mol. The van der Waals surface area contributed by atoms with Crippen molar-refractivity contribution in [2.24, 2.45) is 0 Å². The zero-order valence-corrected chi connectivity index (χ0v) is 9.97. The van der Waals surface area contributed by atoms with Gasteiger partial charge in [0.2, 0.25) is 0 Å². The van der Waals surface area contributed by atoms with Gasteiger partial charge in [-0.25, -0.2) is 0 Å². The molecule has 1 unspecified atom stereocenters. The molecule has 0 saturated carbocycles. The number of methoxy groups -OCH3 is 1. The van der Waals surface area contributed by atoms with Crippen LogP contribution in [0.15, 0.2) is 30.3 Å². The molecule has 0 heterocycles. The van der Waals surface area contributed by atoms with Crippen molar-refractivity contribution in [3.8, 4) is 11.5 Å². The van der Waals surface area contributed by atoms with Crippen LogP contribution < -0.4 is 4.74 Å². The molecule has 0 aromatic heterocycles. The van der Waals surface area contributed by atoms with Crippen LogP contribution in [0.25, 0.3) is 10.8 Å². The second kappa shape index (κ2) is 4.63. The zero-order chi connectivity index (χ0) is 12.4. The quantitative estimate of drug-likeness (QED) is 0.854. The smallest absolute Gasteiger partial charge is 0.126 e. The van der Waals surface area contributed by atoms with E-state index < -0.39 is 6.10 Å². The summed E-state index contributed by atoms with van der Waals surface area (Å²) in [7, 11) is 1.61. The van der Waals surface area contributed by atoms with E-state index in [2.05, 4.69) is 0 Å². The van der Waals surface area contributed by atoms with Gasteiger partial charge in [0, 0.05) is 17.2 Å². The Morgan fingerprint density at radius 1 is 1.18 bits per heavy atom. The SMILES string of the molecule is COc1cccc2c(O)c(CC(C)O)ccc12. The summed E-state index contributed by atoms with van der Waals surface area (Å²) >= 11 is 0. The summed E-state index contributed by atoms with van der Waals surface area (Å²) in [6, 6.07) is 9.28. The Hall–Kier alpha value is -1.74. The van der Waals surface area contributed by atoms with Crippen LogP contribution in [0.4, 0.5) is 0 Å². The fourth-order valence-corrected chi connectivity index (χ4v) is 2.02. The molecule has 0 aliphatic rings. The highest BCUT2D eigenvalue weighted by Gasteiger charge is 2.10. The molecule has 0 amide bonds. The molecule has 0 aliphatic carbocycles. The van der Waals surface area contributed by atoms with Gasteiger partial charge in [-0.2, -0.15) is 0 Å². The summed E-state index contributed by atoms with van der Waals surface area (Å²) in [6.45, 7) is 1.70. The number of aliphatic hydroxyl groups excluding tert-OH is 1. The van der Waals surface area contributed by atoms with Gasteiger partial charge >= 0.3 is 0 Å². The summed E-state index contributed by atoms with van der Waals surface area (Å²) in [5.41, 5.74) is 0.751. The van der Waals surface area contributed by atoms with Crippen LogP contribution in [0.5, 0.6) is 11.5 Å². The number of aromatic hydroxyl groups is 1. The molecule has 0 radical (unpaired) electrons. The average molecular weight is 232 g/mol. The minimum Gasteiger partial charge on any atom is -0.507 e. The first-order valence-corrected chi connectivity index (χ1v) is 5.59. The van der Waals surface area contributed by atoms with E-state index in [1.54, 1.807) is 14.0 Å². The zero-order valence-electron chi connectivity index (χ0n) is 9.97. The third kappa shape index (κ3) is 2.19. The van der Waals surface area contributed by atoms with Crippen molar-refractivity contribution in [3.63, 3.8) is 0 Å². The number of phenols is 1. The summed E-state index contributed by atoms with van der Waals surface area (Å²) in [5, 5.41) is 21.1. The maximum atomic E-state index is 10.2. The van der Waals surface area contributed by atoms with Gasteiger partial charge in [0.05, 0.1) is 13.2 Å². The standard InChI is InChI=1S/C14H16O3/c1-9(15)8-10-6-7-11-12(14(10)16)4-3-5-13(11)17-2/h3-7,9,15-16H,8H2,1-2H3. The Bertz CT molecular complexity index is 532. The van der Waals surface area contributed by atoms with Gasteiger partial charge in [0.25, 0.3) is 0 Å². The summed E-state index contributed by atoms with van der Waals surface area (Å²) in [4.78, 5) is 0. The molecular formula is C14H16O3. The van der Waals surface area contributed by atoms with Gasteiger partial charge < -0.3 is 14.9 Å². The van der Waals surface area contributed by atoms with Crippen LogP contribution in [-0.4, -0.2) is 23.4 Å². The molecule has 0 saturated heterocycles. The number of hydrogen-bond acceptors (Lipinski definition) is 3. The number of ether oxygens (including phenoxy) is 1. The highest BCUT2D eigenvalue weighted by Crippen LogP contribution is 2.34. The Morgan fingerprint density at radius 2 is 1.94 bits per heavy atom. The van der Waals surface area contributed by atoms with E-state index in [0.717, 1.165) is 22.1 Å². The Balaban J connectivity index is 2.60. The van der Waals surface area contributed by atoms with E-state index in [4.69, 9.17) is 4.74 Å². The molecule has 0 spiro atoms. The van der Waals surface area contributed by atoms with Crippen LogP contribution in [0.1, 0.15) is 12.5 Å². The maximum Gasteiger partial charge on any atom is 0.126 e. The minimum atomic E-state index is -0.469. The van der Waals surface area contributed by atoms with E-state index in [-0.39, 0.29) is 5.75 Å². The summed E-state index contributed by atoms with van der Waals surface area (Å²) in [6.07, 6.45) is -0.0251. The van der Waals surface area contributed by atoms with Crippen molar-refractivity contribution in [1.82, 2.24) is 0 Å². The van der Waals surface area contributed by atoms with Gasteiger partial charge in [-0.15, -0.1) is 0 Å². The Morgan fingerprint density at radius 3 is 2.59 bits per heavy atom. The highest BCUT2D eigenvalue weighted by molar-refractivity contribution is 5.93. The van der Waals surface area contributed by atoms with Gasteiger partial charge in [-0.05, 0) is 18.6 Å². The fraction of sp³-hybridized carbons (Fsp3) is 0.286. The number of fused-ring (bicyclic) bond motifs is 1. The first-order valence-electron chi connectivity index (χ1n) is 5.59. The predicted molar refractivity (Wildman–Crippen MR) is 67.5 cm³/mol. The second-order valence-corrected chi connectivity index (χ2v) is 4.18. The number of phenolic OH excluding ortho intramolecular Hbond substituents is 1. The Kier molecular flexibility index (Phi) is 3.20. The molecule has 2 N–H and O–H groups in total. The first-order chi connectivity index (χ1) is 8.13. The average Bonchev–Trinajstić information content (AvgIpc) is 2.31. The van der Waals surface area contributed by atoms with Gasteiger partial charge in [-0.1, -0.05) is 24.3 Å². The molecule has 0 bridgehead atoms. The topological polar surface area (TPSA) is 49.7 Å². The first kappa shape index (κ1) is 11.7. The van der Waals surface area contributed by atoms with Crippen molar-refractivity contribution in [2.75, 3.05) is 7.11 Å². The lowest BCUT2D eigenvalue weighted by atomic mass is 10.0. The lowest BCUT2D eigenvalue weighted by Crippen LogP contribution is -2.04. The van der Waals surface area contributed by atoms with Crippen molar-refractivity contribution >= 4 is 10.8 Å². The Labute approximate surface area is 100 Å². The van der Waals surface area contributed by atoms with E-state index in [1.807, 2.05) is 30.3 Å². The van der Waals surface area contributed by atoms with Crippen molar-refractivity contribution in [3.05, 3.63) is 35.9 Å². The lowest BCUT2D eigenvalue weighted by molar-refractivity contribution is 0.194. The number of benzene rings is 2. The molecule has 0 aliphatic heterocycles. The highest BCUT2D eigenvalue weighted by atomic mass is 16.5.